The highest BCUT2D eigenvalue weighted by Crippen LogP contribution is 2.30. The molecule has 0 unspecified atom stereocenters. The van der Waals surface area contributed by atoms with Crippen molar-refractivity contribution in [1.29, 1.82) is 0 Å². The monoisotopic (exact) mass is 399 g/mol. The van der Waals surface area contributed by atoms with Crippen molar-refractivity contribution in [3.05, 3.63) is 72.1 Å². The molecule has 2 aromatic carbocycles. The lowest BCUT2D eigenvalue weighted by Crippen LogP contribution is -2.32. The lowest BCUT2D eigenvalue weighted by atomic mass is 10.2. The highest BCUT2D eigenvalue weighted by Gasteiger charge is 2.29. The van der Waals surface area contributed by atoms with Gasteiger partial charge in [-0.2, -0.15) is 0 Å². The number of carbonyl (C=O) groups is 1. The van der Waals surface area contributed by atoms with Crippen molar-refractivity contribution in [1.82, 2.24) is 25.0 Å². The maximum atomic E-state index is 13.3. The molecule has 0 aliphatic carbocycles. The summed E-state index contributed by atoms with van der Waals surface area (Å²) in [4.78, 5) is 26.6. The van der Waals surface area contributed by atoms with E-state index in [1.807, 2.05) is 66.5 Å². The van der Waals surface area contributed by atoms with Gasteiger partial charge in [-0.05, 0) is 24.1 Å². The van der Waals surface area contributed by atoms with Crippen LogP contribution in [0.1, 0.15) is 22.5 Å². The second-order valence-corrected chi connectivity index (χ2v) is 7.38. The number of hydrogen-bond donors (Lipinski definition) is 0. The average Bonchev–Trinajstić information content (AvgIpc) is 3.18. The number of carbonyl (C=O) groups excluding carboxylic acids is 1. The van der Waals surface area contributed by atoms with Crippen LogP contribution >= 0.6 is 0 Å². The molecular weight excluding hydrogens is 378 g/mol. The predicted molar refractivity (Wildman–Crippen MR) is 115 cm³/mol. The van der Waals surface area contributed by atoms with Crippen molar-refractivity contribution in [2.24, 2.45) is 0 Å². The summed E-state index contributed by atoms with van der Waals surface area (Å²) in [6.07, 6.45) is 2.51. The Kier molecular flexibility index (Phi) is 4.59. The van der Waals surface area contributed by atoms with Gasteiger partial charge < -0.3 is 4.90 Å². The zero-order valence-electron chi connectivity index (χ0n) is 16.6. The first-order valence-electron chi connectivity index (χ1n) is 9.93. The minimum absolute atomic E-state index is 0.213. The van der Waals surface area contributed by atoms with E-state index in [0.717, 1.165) is 29.6 Å². The molecule has 5 rings (SSSR count). The van der Waals surface area contributed by atoms with E-state index in [4.69, 9.17) is 9.97 Å². The van der Waals surface area contributed by atoms with Gasteiger partial charge in [0.15, 0.2) is 17.3 Å². The Bertz CT molecular complexity index is 1200. The topological polar surface area (TPSA) is 80.0 Å². The molecule has 2 aromatic heterocycles. The molecule has 0 bridgehead atoms. The second kappa shape index (κ2) is 7.55. The average molecular weight is 399 g/mol. The summed E-state index contributed by atoms with van der Waals surface area (Å²) < 4.78 is 1.68. The second-order valence-electron chi connectivity index (χ2n) is 7.38. The van der Waals surface area contributed by atoms with Crippen LogP contribution < -0.4 is 9.80 Å². The Morgan fingerprint density at radius 3 is 2.40 bits per heavy atom. The number of para-hydroxylation sites is 2. The molecule has 3 heterocycles. The number of aromatic nitrogens is 5. The minimum atomic E-state index is -0.213. The number of rotatable bonds is 3. The molecule has 0 saturated carbocycles. The fourth-order valence-corrected chi connectivity index (χ4v) is 3.68. The summed E-state index contributed by atoms with van der Waals surface area (Å²) in [6, 6.07) is 17.7. The van der Waals surface area contributed by atoms with Crippen LogP contribution in [-0.4, -0.2) is 51.0 Å². The van der Waals surface area contributed by atoms with Crippen LogP contribution in [0.3, 0.4) is 0 Å². The van der Waals surface area contributed by atoms with Crippen LogP contribution in [0.5, 0.6) is 0 Å². The SMILES string of the molecule is CN1CCCN(C(=O)c2cn(Cc3ccccc3)nn2)c2nc3ccccc3nc21. The van der Waals surface area contributed by atoms with Crippen molar-refractivity contribution in [2.45, 2.75) is 13.0 Å². The summed E-state index contributed by atoms with van der Waals surface area (Å²) >= 11 is 0. The summed E-state index contributed by atoms with van der Waals surface area (Å²) in [5.41, 5.74) is 2.97. The van der Waals surface area contributed by atoms with E-state index in [1.54, 1.807) is 15.8 Å². The van der Waals surface area contributed by atoms with Gasteiger partial charge in [-0.25, -0.2) is 14.6 Å². The van der Waals surface area contributed by atoms with Gasteiger partial charge in [-0.3, -0.25) is 9.69 Å². The lowest BCUT2D eigenvalue weighted by molar-refractivity contribution is 0.0981. The van der Waals surface area contributed by atoms with Crippen molar-refractivity contribution in [3.8, 4) is 0 Å². The first-order chi connectivity index (χ1) is 14.7. The van der Waals surface area contributed by atoms with Gasteiger partial charge in [-0.15, -0.1) is 5.10 Å². The smallest absolute Gasteiger partial charge is 0.281 e. The molecule has 0 fully saturated rings. The number of hydrogen-bond acceptors (Lipinski definition) is 6. The van der Waals surface area contributed by atoms with Gasteiger partial charge in [0.1, 0.15) is 0 Å². The highest BCUT2D eigenvalue weighted by atomic mass is 16.2. The highest BCUT2D eigenvalue weighted by molar-refractivity contribution is 6.06. The van der Waals surface area contributed by atoms with Crippen LogP contribution in [0.4, 0.5) is 11.6 Å². The van der Waals surface area contributed by atoms with E-state index < -0.39 is 0 Å². The van der Waals surface area contributed by atoms with Gasteiger partial charge in [0, 0.05) is 20.1 Å². The summed E-state index contributed by atoms with van der Waals surface area (Å²) in [5, 5.41) is 8.28. The molecule has 150 valence electrons. The fraction of sp³-hybridized carbons (Fsp3) is 0.227. The van der Waals surface area contributed by atoms with Crippen molar-refractivity contribution in [2.75, 3.05) is 29.9 Å². The number of nitrogens with zero attached hydrogens (tertiary/aromatic N) is 7. The van der Waals surface area contributed by atoms with E-state index in [2.05, 4.69) is 10.3 Å². The molecule has 30 heavy (non-hydrogen) atoms. The molecule has 0 radical (unpaired) electrons. The summed E-state index contributed by atoms with van der Waals surface area (Å²) in [7, 11) is 1.98. The van der Waals surface area contributed by atoms with Crippen LogP contribution in [-0.2, 0) is 6.54 Å². The molecule has 1 amide bonds. The Labute approximate surface area is 173 Å². The Morgan fingerprint density at radius 1 is 0.933 bits per heavy atom. The maximum Gasteiger partial charge on any atom is 0.281 e. The third-order valence-corrected chi connectivity index (χ3v) is 5.22. The largest absolute Gasteiger partial charge is 0.357 e. The molecule has 8 heteroatoms. The van der Waals surface area contributed by atoms with Gasteiger partial charge >= 0.3 is 0 Å². The van der Waals surface area contributed by atoms with E-state index >= 15 is 0 Å². The number of fused-ring (bicyclic) bond motifs is 2. The maximum absolute atomic E-state index is 13.3. The lowest BCUT2D eigenvalue weighted by Gasteiger charge is -2.22. The molecule has 0 N–H and O–H groups in total. The standard InChI is InChI=1S/C22H21N7O/c1-27-12-7-13-29(21-20(27)23-17-10-5-6-11-18(17)24-21)22(30)19-15-28(26-25-19)14-16-8-3-2-4-9-16/h2-6,8-11,15H,7,12-14H2,1H3. The first kappa shape index (κ1) is 18.2. The molecule has 0 saturated heterocycles. The van der Waals surface area contributed by atoms with Gasteiger partial charge in [0.2, 0.25) is 0 Å². The molecule has 0 spiro atoms. The zero-order valence-corrected chi connectivity index (χ0v) is 16.6. The van der Waals surface area contributed by atoms with E-state index in [-0.39, 0.29) is 5.91 Å². The van der Waals surface area contributed by atoms with Crippen LogP contribution in [0.2, 0.25) is 0 Å². The van der Waals surface area contributed by atoms with Crippen molar-refractivity contribution in [3.63, 3.8) is 0 Å². The third kappa shape index (κ3) is 3.36. The molecule has 4 aromatic rings. The Balaban J connectivity index is 1.49. The van der Waals surface area contributed by atoms with E-state index in [0.29, 0.717) is 30.4 Å². The van der Waals surface area contributed by atoms with Crippen LogP contribution in [0.25, 0.3) is 11.0 Å². The number of benzene rings is 2. The van der Waals surface area contributed by atoms with Crippen LogP contribution in [0, 0.1) is 0 Å². The molecule has 1 aliphatic heterocycles. The van der Waals surface area contributed by atoms with Gasteiger partial charge in [0.25, 0.3) is 5.91 Å². The van der Waals surface area contributed by atoms with Crippen molar-refractivity contribution < 1.29 is 4.79 Å². The van der Waals surface area contributed by atoms with Crippen molar-refractivity contribution >= 4 is 28.6 Å². The van der Waals surface area contributed by atoms with Crippen LogP contribution in [0.15, 0.2) is 60.8 Å². The number of amides is 1. The first-order valence-corrected chi connectivity index (χ1v) is 9.93. The molecule has 0 atom stereocenters. The van der Waals surface area contributed by atoms with Gasteiger partial charge in [0.05, 0.1) is 23.8 Å². The molecule has 8 nitrogen and oxygen atoms in total. The third-order valence-electron chi connectivity index (χ3n) is 5.22. The minimum Gasteiger partial charge on any atom is -0.357 e. The fourth-order valence-electron chi connectivity index (χ4n) is 3.68. The van der Waals surface area contributed by atoms with E-state index in [1.165, 1.54) is 0 Å². The Hall–Kier alpha value is -3.81. The summed E-state index contributed by atoms with van der Waals surface area (Å²) in [5.74, 6) is 1.06. The normalized spacial score (nSPS) is 13.9. The van der Waals surface area contributed by atoms with Gasteiger partial charge in [-0.1, -0.05) is 47.7 Å². The summed E-state index contributed by atoms with van der Waals surface area (Å²) in [6.45, 7) is 1.91. The number of anilines is 2. The van der Waals surface area contributed by atoms with E-state index in [9.17, 15) is 4.79 Å². The zero-order chi connectivity index (χ0) is 20.5. The molecule has 1 aliphatic rings. The predicted octanol–water partition coefficient (Wildman–Crippen LogP) is 2.76. The Morgan fingerprint density at radius 2 is 1.63 bits per heavy atom. The quantitative estimate of drug-likeness (QED) is 0.527. The molecular formula is C22H21N7O.